The molecule has 1 amide bonds. The van der Waals surface area contributed by atoms with Gasteiger partial charge in [-0.15, -0.1) is 0 Å². The van der Waals surface area contributed by atoms with Gasteiger partial charge in [-0.25, -0.2) is 0 Å². The van der Waals surface area contributed by atoms with Crippen molar-refractivity contribution in [3.8, 4) is 0 Å². The molecule has 0 spiro atoms. The maximum atomic E-state index is 11.9. The molecule has 0 saturated carbocycles. The number of amides is 1. The van der Waals surface area contributed by atoms with E-state index in [9.17, 15) is 4.79 Å². The Morgan fingerprint density at radius 2 is 1.62 bits per heavy atom. The molecule has 0 fully saturated rings. The van der Waals surface area contributed by atoms with E-state index in [0.29, 0.717) is 31.5 Å². The topological polar surface area (TPSA) is 41.1 Å². The van der Waals surface area contributed by atoms with Crippen LogP contribution in [0.15, 0.2) is 36.4 Å². The maximum absolute atomic E-state index is 11.9. The van der Waals surface area contributed by atoms with E-state index in [1.165, 1.54) is 0 Å². The first kappa shape index (κ1) is 16.2. The van der Waals surface area contributed by atoms with E-state index in [0.717, 1.165) is 0 Å². The van der Waals surface area contributed by atoms with Gasteiger partial charge in [0.25, 0.3) is 0 Å². The zero-order chi connectivity index (χ0) is 15.4. The van der Waals surface area contributed by atoms with Crippen molar-refractivity contribution < 1.29 is 4.79 Å². The number of benzene rings is 2. The third kappa shape index (κ3) is 4.68. The van der Waals surface area contributed by atoms with Crippen molar-refractivity contribution in [1.82, 2.24) is 0 Å². The van der Waals surface area contributed by atoms with Gasteiger partial charge in [-0.1, -0.05) is 46.4 Å². The summed E-state index contributed by atoms with van der Waals surface area (Å²) in [6.07, 6.45) is 0. The number of halogens is 4. The number of hydrogen-bond acceptors (Lipinski definition) is 2. The number of hydrogen-bond donors (Lipinski definition) is 2. The third-order valence-corrected chi connectivity index (χ3v) is 3.87. The van der Waals surface area contributed by atoms with Crippen LogP contribution >= 0.6 is 46.4 Å². The summed E-state index contributed by atoms with van der Waals surface area (Å²) in [6, 6.07) is 9.83. The van der Waals surface area contributed by atoms with Crippen LogP contribution < -0.4 is 10.6 Å². The largest absolute Gasteiger partial charge is 0.375 e. The molecule has 2 rings (SSSR count). The Bertz CT molecular complexity index is 676. The zero-order valence-corrected chi connectivity index (χ0v) is 13.6. The highest BCUT2D eigenvalue weighted by molar-refractivity contribution is 6.42. The summed E-state index contributed by atoms with van der Waals surface area (Å²) in [5.41, 5.74) is 1.15. The molecule has 3 nitrogen and oxygen atoms in total. The van der Waals surface area contributed by atoms with Gasteiger partial charge in [0, 0.05) is 10.7 Å². The van der Waals surface area contributed by atoms with Crippen molar-refractivity contribution >= 4 is 63.7 Å². The Labute approximate surface area is 142 Å². The highest BCUT2D eigenvalue weighted by Crippen LogP contribution is 2.26. The highest BCUT2D eigenvalue weighted by Gasteiger charge is 2.06. The van der Waals surface area contributed by atoms with Crippen LogP contribution in [0.3, 0.4) is 0 Å². The normalized spacial score (nSPS) is 10.3. The Kier molecular flexibility index (Phi) is 5.59. The number of carbonyl (C=O) groups is 1. The molecule has 0 aliphatic rings. The molecule has 0 unspecified atom stereocenters. The molecule has 0 atom stereocenters. The van der Waals surface area contributed by atoms with Gasteiger partial charge < -0.3 is 10.6 Å². The summed E-state index contributed by atoms with van der Waals surface area (Å²) >= 11 is 23.5. The van der Waals surface area contributed by atoms with Crippen LogP contribution in [-0.2, 0) is 4.79 Å². The molecule has 110 valence electrons. The summed E-state index contributed by atoms with van der Waals surface area (Å²) in [7, 11) is 0. The van der Waals surface area contributed by atoms with Crippen LogP contribution in [0.2, 0.25) is 20.1 Å². The number of anilines is 2. The predicted octanol–water partition coefficient (Wildman–Crippen LogP) is 5.35. The summed E-state index contributed by atoms with van der Waals surface area (Å²) in [5.74, 6) is -0.246. The van der Waals surface area contributed by atoms with Crippen LogP contribution in [0, 0.1) is 0 Å². The SMILES string of the molecule is O=C(CNc1cc(Cl)ccc1Cl)Nc1ccc(Cl)c(Cl)c1. The molecule has 7 heteroatoms. The zero-order valence-electron chi connectivity index (χ0n) is 10.6. The Morgan fingerprint density at radius 3 is 2.33 bits per heavy atom. The summed E-state index contributed by atoms with van der Waals surface area (Å²) in [5, 5.41) is 7.43. The van der Waals surface area contributed by atoms with E-state index in [4.69, 9.17) is 46.4 Å². The molecule has 21 heavy (non-hydrogen) atoms. The Balaban J connectivity index is 1.95. The molecule has 0 aliphatic heterocycles. The molecule has 0 radical (unpaired) electrons. The second-order valence-electron chi connectivity index (χ2n) is 4.15. The first-order valence-corrected chi connectivity index (χ1v) is 7.41. The lowest BCUT2D eigenvalue weighted by molar-refractivity contribution is -0.114. The minimum atomic E-state index is -0.246. The number of nitrogens with one attached hydrogen (secondary N) is 2. The fourth-order valence-electron chi connectivity index (χ4n) is 1.59. The predicted molar refractivity (Wildman–Crippen MR) is 90.0 cm³/mol. The number of carbonyl (C=O) groups excluding carboxylic acids is 1. The number of rotatable bonds is 4. The maximum Gasteiger partial charge on any atom is 0.243 e. The molecule has 0 saturated heterocycles. The van der Waals surface area contributed by atoms with E-state index in [1.807, 2.05) is 0 Å². The standard InChI is InChI=1S/C14H10Cl4N2O/c15-8-1-3-11(17)13(5-8)19-7-14(21)20-9-2-4-10(16)12(18)6-9/h1-6,19H,7H2,(H,20,21). The van der Waals surface area contributed by atoms with Crippen LogP contribution in [0.25, 0.3) is 0 Å². The quantitative estimate of drug-likeness (QED) is 0.768. The minimum Gasteiger partial charge on any atom is -0.375 e. The smallest absolute Gasteiger partial charge is 0.243 e. The lowest BCUT2D eigenvalue weighted by atomic mass is 10.3. The van der Waals surface area contributed by atoms with Crippen molar-refractivity contribution in [3.63, 3.8) is 0 Å². The first-order chi connectivity index (χ1) is 9.95. The fraction of sp³-hybridized carbons (Fsp3) is 0.0714. The average Bonchev–Trinajstić information content (AvgIpc) is 2.44. The molecule has 2 aromatic rings. The molecular weight excluding hydrogens is 354 g/mol. The monoisotopic (exact) mass is 362 g/mol. The lowest BCUT2D eigenvalue weighted by Gasteiger charge is -2.10. The first-order valence-electron chi connectivity index (χ1n) is 5.89. The summed E-state index contributed by atoms with van der Waals surface area (Å²) in [6.45, 7) is 0.0420. The van der Waals surface area contributed by atoms with Crippen molar-refractivity contribution in [1.29, 1.82) is 0 Å². The van der Waals surface area contributed by atoms with Crippen LogP contribution in [0.1, 0.15) is 0 Å². The lowest BCUT2D eigenvalue weighted by Crippen LogP contribution is -2.21. The second kappa shape index (κ2) is 7.23. The molecule has 0 aromatic heterocycles. The highest BCUT2D eigenvalue weighted by atomic mass is 35.5. The van der Waals surface area contributed by atoms with Crippen LogP contribution in [0.4, 0.5) is 11.4 Å². The van der Waals surface area contributed by atoms with Crippen molar-refractivity contribution in [3.05, 3.63) is 56.5 Å². The Hall–Kier alpha value is -1.13. The van der Waals surface area contributed by atoms with E-state index >= 15 is 0 Å². The molecule has 0 heterocycles. The van der Waals surface area contributed by atoms with Gasteiger partial charge in [0.1, 0.15) is 0 Å². The van der Waals surface area contributed by atoms with Gasteiger partial charge in [-0.2, -0.15) is 0 Å². The van der Waals surface area contributed by atoms with Crippen LogP contribution in [-0.4, -0.2) is 12.5 Å². The molecule has 0 aliphatic carbocycles. The van der Waals surface area contributed by atoms with E-state index in [2.05, 4.69) is 10.6 Å². The molecule has 2 N–H and O–H groups in total. The van der Waals surface area contributed by atoms with Crippen molar-refractivity contribution in [2.45, 2.75) is 0 Å². The van der Waals surface area contributed by atoms with Crippen molar-refractivity contribution in [2.75, 3.05) is 17.2 Å². The Morgan fingerprint density at radius 1 is 0.905 bits per heavy atom. The fourth-order valence-corrected chi connectivity index (χ4v) is 2.24. The van der Waals surface area contributed by atoms with E-state index in [-0.39, 0.29) is 12.5 Å². The third-order valence-electron chi connectivity index (χ3n) is 2.57. The van der Waals surface area contributed by atoms with Crippen LogP contribution in [0.5, 0.6) is 0 Å². The van der Waals surface area contributed by atoms with Gasteiger partial charge >= 0.3 is 0 Å². The summed E-state index contributed by atoms with van der Waals surface area (Å²) in [4.78, 5) is 11.9. The van der Waals surface area contributed by atoms with E-state index < -0.39 is 0 Å². The second-order valence-corrected chi connectivity index (χ2v) is 5.81. The van der Waals surface area contributed by atoms with Gasteiger partial charge in [0.2, 0.25) is 5.91 Å². The minimum absolute atomic E-state index is 0.0420. The van der Waals surface area contributed by atoms with Gasteiger partial charge in [0.05, 0.1) is 27.3 Å². The molecule has 2 aromatic carbocycles. The van der Waals surface area contributed by atoms with Gasteiger partial charge in [-0.3, -0.25) is 4.79 Å². The van der Waals surface area contributed by atoms with E-state index in [1.54, 1.807) is 36.4 Å². The van der Waals surface area contributed by atoms with Crippen molar-refractivity contribution in [2.24, 2.45) is 0 Å². The summed E-state index contributed by atoms with van der Waals surface area (Å²) < 4.78 is 0. The molecular formula is C14H10Cl4N2O. The molecule has 0 bridgehead atoms. The van der Waals surface area contributed by atoms with Gasteiger partial charge in [0.15, 0.2) is 0 Å². The van der Waals surface area contributed by atoms with Gasteiger partial charge in [-0.05, 0) is 36.4 Å². The average molecular weight is 364 g/mol.